The largest absolute Gasteiger partial charge is 0.495 e. The van der Waals surface area contributed by atoms with Crippen molar-refractivity contribution < 1.29 is 22.7 Å². The standard InChI is InChI=1S/C23H23ClN2O5S/c1-30-21-14-20(22(31-2)13-19(21)24)25-23(27)16-26(15-17-9-5-3-6-10-17)32(28,29)18-11-7-4-8-12-18/h3-14H,15-16H2,1-2H3,(H,25,27). The van der Waals surface area contributed by atoms with Crippen LogP contribution in [0.15, 0.2) is 77.7 Å². The Morgan fingerprint density at radius 1 is 0.938 bits per heavy atom. The number of carbonyl (C=O) groups excluding carboxylic acids is 1. The van der Waals surface area contributed by atoms with Crippen LogP contribution in [-0.4, -0.2) is 39.4 Å². The predicted octanol–water partition coefficient (Wildman–Crippen LogP) is 4.19. The second-order valence-electron chi connectivity index (χ2n) is 6.81. The van der Waals surface area contributed by atoms with Gasteiger partial charge in [-0.2, -0.15) is 4.31 Å². The average Bonchev–Trinajstić information content (AvgIpc) is 2.80. The van der Waals surface area contributed by atoms with E-state index in [9.17, 15) is 13.2 Å². The summed E-state index contributed by atoms with van der Waals surface area (Å²) in [5.74, 6) is 0.133. The van der Waals surface area contributed by atoms with Gasteiger partial charge in [0.15, 0.2) is 0 Å². The maximum Gasteiger partial charge on any atom is 0.243 e. The van der Waals surface area contributed by atoms with Crippen molar-refractivity contribution in [1.82, 2.24) is 4.31 Å². The highest BCUT2D eigenvalue weighted by atomic mass is 35.5. The lowest BCUT2D eigenvalue weighted by Crippen LogP contribution is -2.37. The molecule has 0 radical (unpaired) electrons. The third-order valence-corrected chi connectivity index (χ3v) is 6.75. The van der Waals surface area contributed by atoms with Gasteiger partial charge in [-0.05, 0) is 17.7 Å². The number of nitrogens with zero attached hydrogens (tertiary/aromatic N) is 1. The van der Waals surface area contributed by atoms with Crippen molar-refractivity contribution in [3.05, 3.63) is 83.4 Å². The molecule has 0 bridgehead atoms. The molecule has 0 spiro atoms. The Labute approximate surface area is 192 Å². The monoisotopic (exact) mass is 474 g/mol. The van der Waals surface area contributed by atoms with Gasteiger partial charge in [-0.3, -0.25) is 4.79 Å². The number of benzene rings is 3. The molecular formula is C23H23ClN2O5S. The summed E-state index contributed by atoms with van der Waals surface area (Å²) in [5, 5.41) is 3.01. The van der Waals surface area contributed by atoms with Gasteiger partial charge in [0.1, 0.15) is 11.5 Å². The van der Waals surface area contributed by atoms with E-state index in [1.807, 2.05) is 18.2 Å². The zero-order chi connectivity index (χ0) is 23.1. The minimum absolute atomic E-state index is 0.0343. The summed E-state index contributed by atoms with van der Waals surface area (Å²) < 4.78 is 38.2. The number of halogens is 1. The molecule has 0 atom stereocenters. The lowest BCUT2D eigenvalue weighted by molar-refractivity contribution is -0.116. The molecule has 0 unspecified atom stereocenters. The van der Waals surface area contributed by atoms with Crippen LogP contribution in [0.1, 0.15) is 5.56 Å². The molecule has 1 N–H and O–H groups in total. The maximum atomic E-state index is 13.3. The second-order valence-corrected chi connectivity index (χ2v) is 9.15. The molecule has 0 aliphatic carbocycles. The lowest BCUT2D eigenvalue weighted by atomic mass is 10.2. The molecule has 0 saturated carbocycles. The summed E-state index contributed by atoms with van der Waals surface area (Å²) in [7, 11) is -1.03. The summed E-state index contributed by atoms with van der Waals surface area (Å²) in [6.07, 6.45) is 0. The van der Waals surface area contributed by atoms with Gasteiger partial charge in [0.25, 0.3) is 0 Å². The number of carbonyl (C=O) groups is 1. The van der Waals surface area contributed by atoms with Crippen molar-refractivity contribution in [2.45, 2.75) is 11.4 Å². The van der Waals surface area contributed by atoms with E-state index in [2.05, 4.69) is 5.32 Å². The quantitative estimate of drug-likeness (QED) is 0.502. The molecule has 0 heterocycles. The molecule has 3 aromatic rings. The number of ether oxygens (including phenoxy) is 2. The number of methoxy groups -OCH3 is 2. The molecular weight excluding hydrogens is 452 g/mol. The molecule has 3 rings (SSSR count). The van der Waals surface area contributed by atoms with E-state index in [1.165, 1.54) is 38.5 Å². The highest BCUT2D eigenvalue weighted by molar-refractivity contribution is 7.89. The van der Waals surface area contributed by atoms with E-state index in [-0.39, 0.29) is 11.4 Å². The molecule has 9 heteroatoms. The molecule has 0 aromatic heterocycles. The van der Waals surface area contributed by atoms with Gasteiger partial charge in [-0.1, -0.05) is 60.1 Å². The van der Waals surface area contributed by atoms with Crippen molar-refractivity contribution in [3.8, 4) is 11.5 Å². The Kier molecular flexibility index (Phi) is 7.74. The van der Waals surface area contributed by atoms with E-state index in [4.69, 9.17) is 21.1 Å². The van der Waals surface area contributed by atoms with E-state index < -0.39 is 22.5 Å². The summed E-state index contributed by atoms with van der Waals surface area (Å²) in [4.78, 5) is 13.0. The highest BCUT2D eigenvalue weighted by Gasteiger charge is 2.27. The molecule has 168 valence electrons. The van der Waals surface area contributed by atoms with Crippen LogP contribution in [0.3, 0.4) is 0 Å². The zero-order valence-corrected chi connectivity index (χ0v) is 19.2. The third kappa shape index (κ3) is 5.59. The minimum atomic E-state index is -3.93. The van der Waals surface area contributed by atoms with Crippen molar-refractivity contribution in [3.63, 3.8) is 0 Å². The van der Waals surface area contributed by atoms with Gasteiger partial charge in [-0.15, -0.1) is 0 Å². The number of hydrogen-bond acceptors (Lipinski definition) is 5. The Morgan fingerprint density at radius 2 is 1.53 bits per heavy atom. The van der Waals surface area contributed by atoms with Crippen LogP contribution in [0.25, 0.3) is 0 Å². The minimum Gasteiger partial charge on any atom is -0.495 e. The average molecular weight is 475 g/mol. The van der Waals surface area contributed by atoms with E-state index in [1.54, 1.807) is 30.3 Å². The van der Waals surface area contributed by atoms with Crippen LogP contribution in [0.2, 0.25) is 5.02 Å². The highest BCUT2D eigenvalue weighted by Crippen LogP contribution is 2.35. The first-order chi connectivity index (χ1) is 15.3. The number of sulfonamides is 1. The van der Waals surface area contributed by atoms with Crippen LogP contribution in [0.5, 0.6) is 11.5 Å². The first-order valence-electron chi connectivity index (χ1n) is 9.65. The summed E-state index contributed by atoms with van der Waals surface area (Å²) >= 11 is 6.11. The molecule has 32 heavy (non-hydrogen) atoms. The van der Waals surface area contributed by atoms with Crippen molar-refractivity contribution in [2.24, 2.45) is 0 Å². The molecule has 3 aromatic carbocycles. The lowest BCUT2D eigenvalue weighted by Gasteiger charge is -2.22. The van der Waals surface area contributed by atoms with Crippen molar-refractivity contribution in [2.75, 3.05) is 26.1 Å². The van der Waals surface area contributed by atoms with Gasteiger partial charge >= 0.3 is 0 Å². The Morgan fingerprint density at radius 3 is 2.12 bits per heavy atom. The molecule has 7 nitrogen and oxygen atoms in total. The van der Waals surface area contributed by atoms with E-state index >= 15 is 0 Å². The summed E-state index contributed by atoms with van der Waals surface area (Å²) in [6, 6.07) is 20.1. The Bertz CT molecular complexity index is 1170. The number of nitrogens with one attached hydrogen (secondary N) is 1. The summed E-state index contributed by atoms with van der Waals surface area (Å²) in [5.41, 5.74) is 1.07. The van der Waals surface area contributed by atoms with E-state index in [0.717, 1.165) is 9.87 Å². The Hall–Kier alpha value is -3.07. The number of hydrogen-bond donors (Lipinski definition) is 1. The fourth-order valence-corrected chi connectivity index (χ4v) is 4.70. The fraction of sp³-hybridized carbons (Fsp3) is 0.174. The zero-order valence-electron chi connectivity index (χ0n) is 17.6. The van der Waals surface area contributed by atoms with Gasteiger partial charge < -0.3 is 14.8 Å². The SMILES string of the molecule is COc1cc(NC(=O)CN(Cc2ccccc2)S(=O)(=O)c2ccccc2)c(OC)cc1Cl. The topological polar surface area (TPSA) is 84.9 Å². The number of rotatable bonds is 9. The first-order valence-corrected chi connectivity index (χ1v) is 11.5. The molecule has 1 amide bonds. The summed E-state index contributed by atoms with van der Waals surface area (Å²) in [6.45, 7) is -0.368. The third-order valence-electron chi connectivity index (χ3n) is 4.65. The fourth-order valence-electron chi connectivity index (χ4n) is 3.06. The van der Waals surface area contributed by atoms with Gasteiger partial charge in [0, 0.05) is 18.7 Å². The number of anilines is 1. The van der Waals surface area contributed by atoms with Crippen LogP contribution < -0.4 is 14.8 Å². The Balaban J connectivity index is 1.89. The van der Waals surface area contributed by atoms with Gasteiger partial charge in [-0.25, -0.2) is 8.42 Å². The van der Waals surface area contributed by atoms with Crippen molar-refractivity contribution in [1.29, 1.82) is 0 Å². The van der Waals surface area contributed by atoms with Crippen LogP contribution in [-0.2, 0) is 21.4 Å². The molecule has 0 fully saturated rings. The van der Waals surface area contributed by atoms with Crippen LogP contribution >= 0.6 is 11.6 Å². The molecule has 0 aliphatic rings. The van der Waals surface area contributed by atoms with Crippen LogP contribution in [0.4, 0.5) is 5.69 Å². The predicted molar refractivity (Wildman–Crippen MR) is 124 cm³/mol. The van der Waals surface area contributed by atoms with Gasteiger partial charge in [0.05, 0.1) is 36.4 Å². The number of amides is 1. The molecule has 0 aliphatic heterocycles. The van der Waals surface area contributed by atoms with Gasteiger partial charge in [0.2, 0.25) is 15.9 Å². The smallest absolute Gasteiger partial charge is 0.243 e. The maximum absolute atomic E-state index is 13.3. The van der Waals surface area contributed by atoms with Crippen LogP contribution in [0, 0.1) is 0 Å². The van der Waals surface area contributed by atoms with Crippen molar-refractivity contribution >= 4 is 33.2 Å². The normalized spacial score (nSPS) is 11.2. The van der Waals surface area contributed by atoms with E-state index in [0.29, 0.717) is 22.2 Å². The first kappa shape index (κ1) is 23.6. The second kappa shape index (κ2) is 10.5. The molecule has 0 saturated heterocycles.